The predicted molar refractivity (Wildman–Crippen MR) is 92.4 cm³/mol. The summed E-state index contributed by atoms with van der Waals surface area (Å²) in [6, 6.07) is 12.6. The lowest BCUT2D eigenvalue weighted by Crippen LogP contribution is -2.19. The summed E-state index contributed by atoms with van der Waals surface area (Å²) < 4.78 is 10.9. The molecule has 0 aliphatic carbocycles. The average molecular weight is 334 g/mol. The van der Waals surface area contributed by atoms with Gasteiger partial charge in [-0.25, -0.2) is 0 Å². The molecule has 2 aromatic carbocycles. The van der Waals surface area contributed by atoms with Gasteiger partial charge >= 0.3 is 0 Å². The molecule has 2 heterocycles. The van der Waals surface area contributed by atoms with Gasteiger partial charge in [0.2, 0.25) is 5.78 Å². The summed E-state index contributed by atoms with van der Waals surface area (Å²) in [7, 11) is 0. The molecule has 1 aromatic heterocycles. The minimum Gasteiger partial charge on any atom is -0.484 e. The lowest BCUT2D eigenvalue weighted by molar-refractivity contribution is -0.119. The van der Waals surface area contributed by atoms with E-state index in [4.69, 9.17) is 15.2 Å². The van der Waals surface area contributed by atoms with E-state index in [-0.39, 0.29) is 18.1 Å². The van der Waals surface area contributed by atoms with E-state index in [1.54, 1.807) is 24.3 Å². The Morgan fingerprint density at radius 2 is 2.08 bits per heavy atom. The van der Waals surface area contributed by atoms with Crippen LogP contribution in [0.1, 0.15) is 15.9 Å². The molecule has 124 valence electrons. The first kappa shape index (κ1) is 15.0. The van der Waals surface area contributed by atoms with Crippen LogP contribution in [0.2, 0.25) is 0 Å². The van der Waals surface area contributed by atoms with Crippen LogP contribution in [0, 0.1) is 0 Å². The average Bonchev–Trinajstić information content (AvgIpc) is 3.15. The van der Waals surface area contributed by atoms with Gasteiger partial charge in [-0.1, -0.05) is 18.2 Å². The summed E-state index contributed by atoms with van der Waals surface area (Å²) in [6.07, 6.45) is 3.55. The number of aromatic amines is 1. The van der Waals surface area contributed by atoms with Crippen LogP contribution >= 0.6 is 0 Å². The number of rotatable bonds is 4. The molecule has 1 aliphatic heterocycles. The minimum absolute atomic E-state index is 0.193. The second-order valence-corrected chi connectivity index (χ2v) is 5.64. The van der Waals surface area contributed by atoms with Gasteiger partial charge in [0.1, 0.15) is 11.5 Å². The zero-order chi connectivity index (χ0) is 17.4. The fraction of sp³-hybridized carbons (Fsp3) is 0.0526. The van der Waals surface area contributed by atoms with Gasteiger partial charge in [0.25, 0.3) is 5.91 Å². The van der Waals surface area contributed by atoms with Crippen molar-refractivity contribution >= 4 is 28.7 Å². The van der Waals surface area contributed by atoms with Crippen molar-refractivity contribution in [2.75, 3.05) is 6.61 Å². The number of primary amides is 1. The quantitative estimate of drug-likeness (QED) is 0.717. The number of hydrogen-bond acceptors (Lipinski definition) is 4. The number of fused-ring (bicyclic) bond motifs is 2. The Bertz CT molecular complexity index is 1030. The SMILES string of the molecule is NC(=O)COc1ccc2c(c1)OC(=Cc1c[nH]c3ccccc13)C2=O. The Labute approximate surface area is 142 Å². The number of Topliss-reactive ketones (excluding diaryl/α,β-unsaturated/α-hetero) is 1. The van der Waals surface area contributed by atoms with Crippen LogP contribution < -0.4 is 15.2 Å². The second-order valence-electron chi connectivity index (χ2n) is 5.64. The van der Waals surface area contributed by atoms with Gasteiger partial charge in [-0.2, -0.15) is 0 Å². The molecule has 3 N–H and O–H groups in total. The molecule has 1 amide bonds. The smallest absolute Gasteiger partial charge is 0.255 e. The van der Waals surface area contributed by atoms with Crippen molar-refractivity contribution in [3.63, 3.8) is 0 Å². The summed E-state index contributed by atoms with van der Waals surface area (Å²) in [6.45, 7) is -0.231. The molecule has 6 nitrogen and oxygen atoms in total. The summed E-state index contributed by atoms with van der Waals surface area (Å²) in [4.78, 5) is 26.5. The summed E-state index contributed by atoms with van der Waals surface area (Å²) in [5, 5.41) is 1.01. The highest BCUT2D eigenvalue weighted by Crippen LogP contribution is 2.35. The number of H-pyrrole nitrogens is 1. The third-order valence-electron chi connectivity index (χ3n) is 3.93. The van der Waals surface area contributed by atoms with Gasteiger partial charge in [0, 0.05) is 28.7 Å². The number of nitrogens with two attached hydrogens (primary N) is 1. The van der Waals surface area contributed by atoms with Crippen LogP contribution in [-0.2, 0) is 4.79 Å². The predicted octanol–water partition coefficient (Wildman–Crippen LogP) is 2.65. The zero-order valence-electron chi connectivity index (χ0n) is 13.1. The van der Waals surface area contributed by atoms with Crippen molar-refractivity contribution < 1.29 is 19.1 Å². The van der Waals surface area contributed by atoms with Crippen molar-refractivity contribution in [3.05, 3.63) is 65.5 Å². The second kappa shape index (κ2) is 5.83. The first-order valence-corrected chi connectivity index (χ1v) is 7.67. The normalized spacial score (nSPS) is 14.6. The van der Waals surface area contributed by atoms with Crippen molar-refractivity contribution in [3.8, 4) is 11.5 Å². The van der Waals surface area contributed by atoms with Gasteiger partial charge in [-0.05, 0) is 24.3 Å². The van der Waals surface area contributed by atoms with E-state index in [0.717, 1.165) is 16.5 Å². The topological polar surface area (TPSA) is 94.4 Å². The molecule has 0 atom stereocenters. The molecular formula is C19H14N2O4. The molecule has 0 bridgehead atoms. The Kier molecular flexibility index (Phi) is 3.50. The Balaban J connectivity index is 1.64. The van der Waals surface area contributed by atoms with Gasteiger partial charge in [-0.15, -0.1) is 0 Å². The van der Waals surface area contributed by atoms with E-state index in [1.807, 2.05) is 30.5 Å². The van der Waals surface area contributed by atoms with Gasteiger partial charge in [0.15, 0.2) is 12.4 Å². The van der Waals surface area contributed by atoms with Crippen LogP contribution in [0.3, 0.4) is 0 Å². The van der Waals surface area contributed by atoms with E-state index in [2.05, 4.69) is 4.98 Å². The number of nitrogens with one attached hydrogen (secondary N) is 1. The molecule has 1 aliphatic rings. The van der Waals surface area contributed by atoms with Crippen molar-refractivity contribution in [2.24, 2.45) is 5.73 Å². The number of allylic oxidation sites excluding steroid dienone is 1. The highest BCUT2D eigenvalue weighted by atomic mass is 16.5. The lowest BCUT2D eigenvalue weighted by Gasteiger charge is -2.04. The van der Waals surface area contributed by atoms with Gasteiger partial charge in [-0.3, -0.25) is 9.59 Å². The molecule has 0 saturated heterocycles. The van der Waals surface area contributed by atoms with Gasteiger partial charge in [0.05, 0.1) is 5.56 Å². The van der Waals surface area contributed by atoms with Crippen LogP contribution in [0.15, 0.2) is 54.4 Å². The molecule has 0 saturated carbocycles. The molecule has 25 heavy (non-hydrogen) atoms. The van der Waals surface area contributed by atoms with E-state index in [9.17, 15) is 9.59 Å². The fourth-order valence-electron chi connectivity index (χ4n) is 2.77. The fourth-order valence-corrected chi connectivity index (χ4v) is 2.77. The number of aromatic nitrogens is 1. The molecular weight excluding hydrogens is 320 g/mol. The van der Waals surface area contributed by atoms with Gasteiger partial charge < -0.3 is 20.2 Å². The van der Waals surface area contributed by atoms with Crippen molar-refractivity contribution in [2.45, 2.75) is 0 Å². The van der Waals surface area contributed by atoms with Crippen LogP contribution in [0.4, 0.5) is 0 Å². The van der Waals surface area contributed by atoms with E-state index >= 15 is 0 Å². The largest absolute Gasteiger partial charge is 0.484 e. The summed E-state index contributed by atoms with van der Waals surface area (Å²) >= 11 is 0. The highest BCUT2D eigenvalue weighted by molar-refractivity contribution is 6.15. The first-order chi connectivity index (χ1) is 12.1. The van der Waals surface area contributed by atoms with Crippen LogP contribution in [-0.4, -0.2) is 23.3 Å². The number of ether oxygens (including phenoxy) is 2. The molecule has 0 fully saturated rings. The Morgan fingerprint density at radius 3 is 2.92 bits per heavy atom. The van der Waals surface area contributed by atoms with E-state index < -0.39 is 5.91 Å². The monoisotopic (exact) mass is 334 g/mol. The number of carbonyl (C=O) groups is 2. The summed E-state index contributed by atoms with van der Waals surface area (Å²) in [5.74, 6) is 0.294. The number of amides is 1. The van der Waals surface area contributed by atoms with Crippen molar-refractivity contribution in [1.82, 2.24) is 4.98 Å². The number of ketones is 1. The molecule has 6 heteroatoms. The maximum atomic E-state index is 12.5. The maximum Gasteiger partial charge on any atom is 0.255 e. The number of carbonyl (C=O) groups excluding carboxylic acids is 2. The van der Waals surface area contributed by atoms with Crippen LogP contribution in [0.5, 0.6) is 11.5 Å². The standard InChI is InChI=1S/C19H14N2O4/c20-18(22)10-24-12-5-6-14-16(8-12)25-17(19(14)23)7-11-9-21-15-4-2-1-3-13(11)15/h1-9,21H,10H2,(H2,20,22). The van der Waals surface area contributed by atoms with E-state index in [1.165, 1.54) is 0 Å². The maximum absolute atomic E-state index is 12.5. The number of hydrogen-bond donors (Lipinski definition) is 2. The van der Waals surface area contributed by atoms with E-state index in [0.29, 0.717) is 17.1 Å². The summed E-state index contributed by atoms with van der Waals surface area (Å²) in [5.41, 5.74) is 7.37. The Morgan fingerprint density at radius 1 is 1.24 bits per heavy atom. The minimum atomic E-state index is -0.572. The van der Waals surface area contributed by atoms with Crippen LogP contribution in [0.25, 0.3) is 17.0 Å². The molecule has 0 unspecified atom stereocenters. The number of benzene rings is 2. The third kappa shape index (κ3) is 2.74. The van der Waals surface area contributed by atoms with Crippen molar-refractivity contribution in [1.29, 1.82) is 0 Å². The zero-order valence-corrected chi connectivity index (χ0v) is 13.1. The third-order valence-corrected chi connectivity index (χ3v) is 3.93. The Hall–Kier alpha value is -3.54. The molecule has 0 radical (unpaired) electrons. The number of para-hydroxylation sites is 1. The molecule has 0 spiro atoms. The molecule has 4 rings (SSSR count). The lowest BCUT2D eigenvalue weighted by atomic mass is 10.1. The first-order valence-electron chi connectivity index (χ1n) is 7.67. The molecule has 3 aromatic rings. The highest BCUT2D eigenvalue weighted by Gasteiger charge is 2.28.